The first-order chi connectivity index (χ1) is 9.69. The number of nitrogens with two attached hydrogens (primary N) is 1. The molecule has 2 rings (SSSR count). The van der Waals surface area contributed by atoms with Crippen molar-refractivity contribution in [1.82, 2.24) is 10.2 Å². The molecule has 5 nitrogen and oxygen atoms in total. The number of carbonyl (C=O) groups is 1. The number of nitrogens with one attached hydrogen (secondary N) is 1. The Morgan fingerprint density at radius 2 is 2.30 bits per heavy atom. The molecule has 20 heavy (non-hydrogen) atoms. The molecule has 1 amide bonds. The van der Waals surface area contributed by atoms with Gasteiger partial charge in [0.25, 0.3) is 0 Å². The number of nitrogens with zero attached hydrogens (tertiary/aromatic N) is 1. The second-order valence-electron chi connectivity index (χ2n) is 5.05. The van der Waals surface area contributed by atoms with E-state index in [-0.39, 0.29) is 18.0 Å². The Morgan fingerprint density at radius 3 is 2.95 bits per heavy atom. The van der Waals surface area contributed by atoms with E-state index < -0.39 is 0 Å². The third-order valence-corrected chi connectivity index (χ3v) is 3.89. The van der Waals surface area contributed by atoms with E-state index >= 15 is 0 Å². The normalized spacial score (nSPS) is 21.4. The Kier molecular flexibility index (Phi) is 5.11. The third-order valence-electron chi connectivity index (χ3n) is 3.89. The molecule has 1 aliphatic rings. The number of benzene rings is 1. The number of amides is 1. The van der Waals surface area contributed by atoms with E-state index in [2.05, 4.69) is 29.3 Å². The van der Waals surface area contributed by atoms with Crippen LogP contribution in [0.25, 0.3) is 0 Å². The van der Waals surface area contributed by atoms with E-state index in [1.54, 1.807) is 7.05 Å². The molecule has 1 aliphatic heterocycles. The summed E-state index contributed by atoms with van der Waals surface area (Å²) in [7, 11) is 1.65. The van der Waals surface area contributed by atoms with Gasteiger partial charge in [0, 0.05) is 26.2 Å². The maximum Gasteiger partial charge on any atom is 0.239 e. The SMILES string of the molecule is CNC(=O)C1COCCN1C(CN)c1ccccc1C. The molecule has 1 saturated heterocycles. The van der Waals surface area contributed by atoms with E-state index in [1.807, 2.05) is 12.1 Å². The zero-order valence-electron chi connectivity index (χ0n) is 12.1. The quantitative estimate of drug-likeness (QED) is 0.838. The largest absolute Gasteiger partial charge is 0.378 e. The molecule has 2 unspecified atom stereocenters. The Morgan fingerprint density at radius 1 is 1.55 bits per heavy atom. The highest BCUT2D eigenvalue weighted by Gasteiger charge is 2.34. The van der Waals surface area contributed by atoms with Crippen molar-refractivity contribution in [2.24, 2.45) is 5.73 Å². The Balaban J connectivity index is 2.29. The number of ether oxygens (including phenoxy) is 1. The number of hydrogen-bond acceptors (Lipinski definition) is 4. The molecule has 0 aromatic heterocycles. The number of morpholine rings is 1. The summed E-state index contributed by atoms with van der Waals surface area (Å²) >= 11 is 0. The van der Waals surface area contributed by atoms with Crippen molar-refractivity contribution in [3.05, 3.63) is 35.4 Å². The number of aryl methyl sites for hydroxylation is 1. The molecule has 1 aromatic rings. The van der Waals surface area contributed by atoms with E-state index in [1.165, 1.54) is 11.1 Å². The molecular formula is C15H23N3O2. The molecule has 0 saturated carbocycles. The summed E-state index contributed by atoms with van der Waals surface area (Å²) < 4.78 is 5.45. The fourth-order valence-corrected chi connectivity index (χ4v) is 2.78. The van der Waals surface area contributed by atoms with Crippen LogP contribution in [0.3, 0.4) is 0 Å². The summed E-state index contributed by atoms with van der Waals surface area (Å²) in [5, 5.41) is 2.71. The second-order valence-corrected chi connectivity index (χ2v) is 5.05. The fourth-order valence-electron chi connectivity index (χ4n) is 2.78. The standard InChI is InChI=1S/C15H23N3O2/c1-11-5-3-4-6-12(11)13(9-16)18-7-8-20-10-14(18)15(19)17-2/h3-6,13-14H,7-10,16H2,1-2H3,(H,17,19). The van der Waals surface area contributed by atoms with Gasteiger partial charge in [0.2, 0.25) is 5.91 Å². The van der Waals surface area contributed by atoms with Gasteiger partial charge in [0.15, 0.2) is 0 Å². The highest BCUT2D eigenvalue weighted by Crippen LogP contribution is 2.26. The van der Waals surface area contributed by atoms with Gasteiger partial charge in [-0.05, 0) is 18.1 Å². The van der Waals surface area contributed by atoms with Crippen LogP contribution in [0.15, 0.2) is 24.3 Å². The minimum absolute atomic E-state index is 0.0169. The van der Waals surface area contributed by atoms with Crippen molar-refractivity contribution in [3.63, 3.8) is 0 Å². The molecule has 1 aromatic carbocycles. The van der Waals surface area contributed by atoms with Crippen LogP contribution in [-0.2, 0) is 9.53 Å². The summed E-state index contributed by atoms with van der Waals surface area (Å²) in [5.74, 6) is -0.0169. The van der Waals surface area contributed by atoms with Crippen molar-refractivity contribution in [2.75, 3.05) is 33.4 Å². The minimum atomic E-state index is -0.276. The van der Waals surface area contributed by atoms with Crippen molar-refractivity contribution >= 4 is 5.91 Å². The molecule has 2 atom stereocenters. The average molecular weight is 277 g/mol. The lowest BCUT2D eigenvalue weighted by Crippen LogP contribution is -2.55. The highest BCUT2D eigenvalue weighted by molar-refractivity contribution is 5.81. The maximum atomic E-state index is 12.0. The number of carbonyl (C=O) groups excluding carboxylic acids is 1. The summed E-state index contributed by atoms with van der Waals surface area (Å²) in [5.41, 5.74) is 8.38. The molecular weight excluding hydrogens is 254 g/mol. The molecule has 0 spiro atoms. The molecule has 3 N–H and O–H groups in total. The van der Waals surface area contributed by atoms with Crippen LogP contribution >= 0.6 is 0 Å². The summed E-state index contributed by atoms with van der Waals surface area (Å²) in [6.45, 7) is 4.33. The van der Waals surface area contributed by atoms with Gasteiger partial charge in [-0.2, -0.15) is 0 Å². The van der Waals surface area contributed by atoms with E-state index in [0.717, 1.165) is 0 Å². The van der Waals surface area contributed by atoms with Crippen LogP contribution in [0.1, 0.15) is 17.2 Å². The van der Waals surface area contributed by atoms with Crippen LogP contribution in [0.5, 0.6) is 0 Å². The van der Waals surface area contributed by atoms with Crippen molar-refractivity contribution in [3.8, 4) is 0 Å². The third kappa shape index (κ3) is 3.00. The first-order valence-electron chi connectivity index (χ1n) is 6.99. The van der Waals surface area contributed by atoms with Gasteiger partial charge >= 0.3 is 0 Å². The molecule has 110 valence electrons. The molecule has 1 heterocycles. The van der Waals surface area contributed by atoms with Crippen molar-refractivity contribution < 1.29 is 9.53 Å². The zero-order chi connectivity index (χ0) is 14.5. The fraction of sp³-hybridized carbons (Fsp3) is 0.533. The van der Waals surface area contributed by atoms with Gasteiger partial charge in [-0.25, -0.2) is 0 Å². The van der Waals surface area contributed by atoms with Gasteiger partial charge in [0.1, 0.15) is 6.04 Å². The van der Waals surface area contributed by atoms with Gasteiger partial charge in [0.05, 0.1) is 13.2 Å². The molecule has 0 radical (unpaired) electrons. The van der Waals surface area contributed by atoms with Crippen LogP contribution in [0.4, 0.5) is 0 Å². The smallest absolute Gasteiger partial charge is 0.239 e. The predicted molar refractivity (Wildman–Crippen MR) is 78.4 cm³/mol. The predicted octanol–water partition coefficient (Wildman–Crippen LogP) is 0.442. The minimum Gasteiger partial charge on any atom is -0.378 e. The van der Waals surface area contributed by atoms with Crippen molar-refractivity contribution in [1.29, 1.82) is 0 Å². The Bertz CT molecular complexity index is 464. The van der Waals surface area contributed by atoms with E-state index in [9.17, 15) is 4.79 Å². The first-order valence-corrected chi connectivity index (χ1v) is 6.99. The van der Waals surface area contributed by atoms with Crippen LogP contribution < -0.4 is 11.1 Å². The Labute approximate surface area is 120 Å². The first kappa shape index (κ1) is 15.0. The Hall–Kier alpha value is -1.43. The summed E-state index contributed by atoms with van der Waals surface area (Å²) in [4.78, 5) is 14.2. The molecule has 1 fully saturated rings. The number of rotatable bonds is 4. The second kappa shape index (κ2) is 6.83. The zero-order valence-corrected chi connectivity index (χ0v) is 12.1. The van der Waals surface area contributed by atoms with Gasteiger partial charge in [-0.1, -0.05) is 24.3 Å². The van der Waals surface area contributed by atoms with Crippen LogP contribution in [0.2, 0.25) is 0 Å². The molecule has 5 heteroatoms. The van der Waals surface area contributed by atoms with Gasteiger partial charge in [-0.3, -0.25) is 9.69 Å². The lowest BCUT2D eigenvalue weighted by atomic mass is 9.98. The van der Waals surface area contributed by atoms with Crippen LogP contribution in [0, 0.1) is 6.92 Å². The van der Waals surface area contributed by atoms with Gasteiger partial charge < -0.3 is 15.8 Å². The number of hydrogen-bond donors (Lipinski definition) is 2. The molecule has 0 aliphatic carbocycles. The van der Waals surface area contributed by atoms with Gasteiger partial charge in [-0.15, -0.1) is 0 Å². The lowest BCUT2D eigenvalue weighted by Gasteiger charge is -2.40. The summed E-state index contributed by atoms with van der Waals surface area (Å²) in [6, 6.07) is 7.96. The lowest BCUT2D eigenvalue weighted by molar-refractivity contribution is -0.134. The van der Waals surface area contributed by atoms with E-state index in [0.29, 0.717) is 26.3 Å². The summed E-state index contributed by atoms with van der Waals surface area (Å²) in [6.07, 6.45) is 0. The van der Waals surface area contributed by atoms with Crippen LogP contribution in [-0.4, -0.2) is 50.2 Å². The van der Waals surface area contributed by atoms with Crippen molar-refractivity contribution in [2.45, 2.75) is 19.0 Å². The molecule has 0 bridgehead atoms. The van der Waals surface area contributed by atoms with E-state index in [4.69, 9.17) is 10.5 Å². The monoisotopic (exact) mass is 277 g/mol. The number of likely N-dealkylation sites (N-methyl/N-ethyl adjacent to an activating group) is 1. The maximum absolute atomic E-state index is 12.0. The topological polar surface area (TPSA) is 67.6 Å². The average Bonchev–Trinajstić information content (AvgIpc) is 2.49. The highest BCUT2D eigenvalue weighted by atomic mass is 16.5.